The van der Waals surface area contributed by atoms with Gasteiger partial charge < -0.3 is 10.6 Å². The number of likely N-dealkylation sites (N-methyl/N-ethyl adjacent to an activating group) is 1. The average molecular weight is 266 g/mol. The van der Waals surface area contributed by atoms with E-state index >= 15 is 0 Å². The fourth-order valence-electron chi connectivity index (χ4n) is 1.56. The molecule has 1 unspecified atom stereocenters. The summed E-state index contributed by atoms with van der Waals surface area (Å²) < 4.78 is 0. The van der Waals surface area contributed by atoms with Gasteiger partial charge in [-0.05, 0) is 33.8 Å². The second kappa shape index (κ2) is 5.44. The molecule has 0 aliphatic heterocycles. The highest BCUT2D eigenvalue weighted by Gasteiger charge is 2.20. The minimum Gasteiger partial charge on any atom is -0.340 e. The van der Waals surface area contributed by atoms with Gasteiger partial charge in [-0.1, -0.05) is 6.07 Å². The number of nitrogens with zero attached hydrogens (tertiary/aromatic N) is 1. The lowest BCUT2D eigenvalue weighted by atomic mass is 10.2. The second-order valence-corrected chi connectivity index (χ2v) is 5.58. The van der Waals surface area contributed by atoms with Crippen LogP contribution in [0.4, 0.5) is 0 Å². The molecule has 0 spiro atoms. The Morgan fingerprint density at radius 3 is 2.88 bits per heavy atom. The van der Waals surface area contributed by atoms with E-state index < -0.39 is 6.04 Å². The van der Waals surface area contributed by atoms with Crippen LogP contribution in [0.25, 0.3) is 0 Å². The van der Waals surface area contributed by atoms with Gasteiger partial charge in [0.1, 0.15) is 6.04 Å². The van der Waals surface area contributed by atoms with Crippen molar-refractivity contribution in [1.82, 2.24) is 4.90 Å². The summed E-state index contributed by atoms with van der Waals surface area (Å²) in [6.07, 6.45) is 0. The zero-order valence-electron chi connectivity index (χ0n) is 9.50. The number of nitrogens with two attached hydrogens (primary N) is 1. The van der Waals surface area contributed by atoms with E-state index in [1.807, 2.05) is 34.3 Å². The number of amides is 1. The Labute approximate surface area is 108 Å². The van der Waals surface area contributed by atoms with E-state index in [0.29, 0.717) is 6.54 Å². The van der Waals surface area contributed by atoms with Crippen LogP contribution in [-0.4, -0.2) is 17.9 Å². The predicted octanol–water partition coefficient (Wildman–Crippen LogP) is 2.47. The minimum atomic E-state index is -0.543. The van der Waals surface area contributed by atoms with E-state index in [-0.39, 0.29) is 5.91 Å². The van der Waals surface area contributed by atoms with Crippen LogP contribution in [0.3, 0.4) is 0 Å². The van der Waals surface area contributed by atoms with Crippen LogP contribution in [0.2, 0.25) is 0 Å². The molecule has 2 rings (SSSR count). The molecule has 0 saturated carbocycles. The van der Waals surface area contributed by atoms with Gasteiger partial charge in [0, 0.05) is 18.5 Å². The summed E-state index contributed by atoms with van der Waals surface area (Å²) in [5, 5.41) is 5.98. The molecule has 0 aliphatic rings. The zero-order chi connectivity index (χ0) is 12.3. The minimum absolute atomic E-state index is 0.0429. The SMILES string of the molecule is CN(Cc1ccsc1)C(=O)C(N)c1cccs1. The largest absolute Gasteiger partial charge is 0.340 e. The first kappa shape index (κ1) is 12.3. The maximum Gasteiger partial charge on any atom is 0.244 e. The van der Waals surface area contributed by atoms with Crippen LogP contribution in [0.5, 0.6) is 0 Å². The van der Waals surface area contributed by atoms with Gasteiger partial charge in [0.05, 0.1) is 0 Å². The Bertz CT molecular complexity index is 465. The molecule has 2 aromatic heterocycles. The Morgan fingerprint density at radius 2 is 2.29 bits per heavy atom. The molecule has 2 N–H and O–H groups in total. The third-order valence-corrected chi connectivity index (χ3v) is 4.18. The van der Waals surface area contributed by atoms with Crippen LogP contribution in [0, 0.1) is 0 Å². The fraction of sp³-hybridized carbons (Fsp3) is 0.250. The molecule has 17 heavy (non-hydrogen) atoms. The molecule has 90 valence electrons. The number of rotatable bonds is 4. The van der Waals surface area contributed by atoms with Crippen molar-refractivity contribution in [1.29, 1.82) is 0 Å². The number of hydrogen-bond donors (Lipinski definition) is 1. The third kappa shape index (κ3) is 2.94. The predicted molar refractivity (Wildman–Crippen MR) is 72.0 cm³/mol. The monoisotopic (exact) mass is 266 g/mol. The van der Waals surface area contributed by atoms with E-state index in [1.54, 1.807) is 23.3 Å². The normalized spacial score (nSPS) is 12.4. The number of carbonyl (C=O) groups is 1. The summed E-state index contributed by atoms with van der Waals surface area (Å²) >= 11 is 3.15. The number of thiophene rings is 2. The van der Waals surface area contributed by atoms with Crippen molar-refractivity contribution in [2.75, 3.05) is 7.05 Å². The van der Waals surface area contributed by atoms with E-state index in [0.717, 1.165) is 10.4 Å². The number of carbonyl (C=O) groups excluding carboxylic acids is 1. The van der Waals surface area contributed by atoms with Crippen molar-refractivity contribution in [3.05, 3.63) is 44.8 Å². The molecular formula is C12H14N2OS2. The lowest BCUT2D eigenvalue weighted by Gasteiger charge is -2.20. The quantitative estimate of drug-likeness (QED) is 0.924. The molecule has 0 aromatic carbocycles. The summed E-state index contributed by atoms with van der Waals surface area (Å²) in [6, 6.07) is 5.28. The van der Waals surface area contributed by atoms with E-state index in [4.69, 9.17) is 5.73 Å². The van der Waals surface area contributed by atoms with Gasteiger partial charge in [-0.15, -0.1) is 11.3 Å². The van der Waals surface area contributed by atoms with Crippen molar-refractivity contribution in [3.8, 4) is 0 Å². The Morgan fingerprint density at radius 1 is 1.47 bits per heavy atom. The Kier molecular flexibility index (Phi) is 3.93. The molecule has 0 radical (unpaired) electrons. The highest BCUT2D eigenvalue weighted by atomic mass is 32.1. The van der Waals surface area contributed by atoms with Gasteiger partial charge in [0.25, 0.3) is 0 Å². The molecule has 3 nitrogen and oxygen atoms in total. The van der Waals surface area contributed by atoms with Crippen molar-refractivity contribution in [3.63, 3.8) is 0 Å². The van der Waals surface area contributed by atoms with Crippen molar-refractivity contribution < 1.29 is 4.79 Å². The van der Waals surface area contributed by atoms with Crippen LogP contribution in [-0.2, 0) is 11.3 Å². The summed E-state index contributed by atoms with van der Waals surface area (Å²) in [7, 11) is 1.79. The Balaban J connectivity index is 2.00. The lowest BCUT2D eigenvalue weighted by Crippen LogP contribution is -2.34. The Hall–Kier alpha value is -1.17. The van der Waals surface area contributed by atoms with Crippen molar-refractivity contribution >= 4 is 28.6 Å². The highest BCUT2D eigenvalue weighted by Crippen LogP contribution is 2.19. The average Bonchev–Trinajstić information content (AvgIpc) is 2.99. The first-order valence-corrected chi connectivity index (χ1v) is 7.06. The first-order valence-electron chi connectivity index (χ1n) is 5.23. The third-order valence-electron chi connectivity index (χ3n) is 2.49. The molecule has 0 aliphatic carbocycles. The maximum absolute atomic E-state index is 12.1. The van der Waals surface area contributed by atoms with Gasteiger partial charge >= 0.3 is 0 Å². The van der Waals surface area contributed by atoms with Gasteiger partial charge in [-0.25, -0.2) is 0 Å². The summed E-state index contributed by atoms with van der Waals surface area (Å²) in [5.41, 5.74) is 7.08. The van der Waals surface area contributed by atoms with Gasteiger partial charge in [0.2, 0.25) is 5.91 Å². The topological polar surface area (TPSA) is 46.3 Å². The van der Waals surface area contributed by atoms with Crippen LogP contribution < -0.4 is 5.73 Å². The molecule has 2 aromatic rings. The molecule has 2 heterocycles. The zero-order valence-corrected chi connectivity index (χ0v) is 11.1. The van der Waals surface area contributed by atoms with Gasteiger partial charge in [-0.3, -0.25) is 4.79 Å². The summed E-state index contributed by atoms with van der Waals surface area (Å²) in [6.45, 7) is 0.613. The van der Waals surface area contributed by atoms with E-state index in [1.165, 1.54) is 11.3 Å². The molecule has 0 saturated heterocycles. The fourth-order valence-corrected chi connectivity index (χ4v) is 2.94. The maximum atomic E-state index is 12.1. The molecule has 1 atom stereocenters. The molecule has 1 amide bonds. The van der Waals surface area contributed by atoms with Crippen LogP contribution in [0.1, 0.15) is 16.5 Å². The van der Waals surface area contributed by atoms with E-state index in [9.17, 15) is 4.79 Å². The molecular weight excluding hydrogens is 252 g/mol. The summed E-state index contributed by atoms with van der Waals surface area (Å²) in [5.74, 6) is -0.0429. The second-order valence-electron chi connectivity index (χ2n) is 3.82. The highest BCUT2D eigenvalue weighted by molar-refractivity contribution is 7.10. The first-order chi connectivity index (χ1) is 8.18. The number of hydrogen-bond acceptors (Lipinski definition) is 4. The molecule has 5 heteroatoms. The smallest absolute Gasteiger partial charge is 0.244 e. The van der Waals surface area contributed by atoms with Gasteiger partial charge in [0.15, 0.2) is 0 Å². The van der Waals surface area contributed by atoms with E-state index in [2.05, 4.69) is 0 Å². The standard InChI is InChI=1S/C12H14N2OS2/c1-14(7-9-4-6-16-8-9)12(15)11(13)10-3-2-5-17-10/h2-6,8,11H,7,13H2,1H3. The lowest BCUT2D eigenvalue weighted by molar-refractivity contribution is -0.131. The van der Waals surface area contributed by atoms with Crippen molar-refractivity contribution in [2.45, 2.75) is 12.6 Å². The summed E-state index contributed by atoms with van der Waals surface area (Å²) in [4.78, 5) is 14.7. The van der Waals surface area contributed by atoms with Crippen molar-refractivity contribution in [2.24, 2.45) is 5.73 Å². The molecule has 0 bridgehead atoms. The van der Waals surface area contributed by atoms with Crippen LogP contribution in [0.15, 0.2) is 34.3 Å². The van der Waals surface area contributed by atoms with Crippen LogP contribution >= 0.6 is 22.7 Å². The van der Waals surface area contributed by atoms with Gasteiger partial charge in [-0.2, -0.15) is 11.3 Å². The molecule has 0 fully saturated rings.